The van der Waals surface area contributed by atoms with Gasteiger partial charge in [-0.3, -0.25) is 14.7 Å². The van der Waals surface area contributed by atoms with E-state index in [-0.39, 0.29) is 29.9 Å². The van der Waals surface area contributed by atoms with Gasteiger partial charge in [0.05, 0.1) is 24.0 Å². The van der Waals surface area contributed by atoms with E-state index in [1.165, 1.54) is 0 Å². The van der Waals surface area contributed by atoms with Crippen molar-refractivity contribution in [3.8, 4) is 0 Å². The molecular formula is C17H33IN8O. The summed E-state index contributed by atoms with van der Waals surface area (Å²) in [5, 5.41) is 3.41. The molecule has 1 fully saturated rings. The molecule has 1 saturated heterocycles. The minimum absolute atomic E-state index is 0. The van der Waals surface area contributed by atoms with Crippen LogP contribution in [0.5, 0.6) is 0 Å². The quantitative estimate of drug-likeness (QED) is 0.343. The lowest BCUT2D eigenvalue weighted by atomic mass is 10.0. The summed E-state index contributed by atoms with van der Waals surface area (Å²) in [4.78, 5) is 26.8. The van der Waals surface area contributed by atoms with Crippen LogP contribution in [0, 0.1) is 0 Å². The van der Waals surface area contributed by atoms with Crippen LogP contribution in [0.1, 0.15) is 19.5 Å². The van der Waals surface area contributed by atoms with Gasteiger partial charge in [0, 0.05) is 54.4 Å². The van der Waals surface area contributed by atoms with Gasteiger partial charge in [-0.25, -0.2) is 4.98 Å². The SMILES string of the molecule is CN=C(NCc1cnc(N(C)C)n1C)N1CCN(C(C)(C)C(N)=O)CC1.I. The largest absolute Gasteiger partial charge is 0.368 e. The van der Waals surface area contributed by atoms with Crippen LogP contribution in [0.15, 0.2) is 11.2 Å². The second-order valence-electron chi connectivity index (χ2n) is 7.30. The molecule has 9 nitrogen and oxygen atoms in total. The maximum absolute atomic E-state index is 11.7. The first-order chi connectivity index (χ1) is 12.2. The van der Waals surface area contributed by atoms with Crippen LogP contribution in [-0.2, 0) is 18.4 Å². The van der Waals surface area contributed by atoms with Gasteiger partial charge in [-0.1, -0.05) is 0 Å². The van der Waals surface area contributed by atoms with Crippen molar-refractivity contribution in [3.63, 3.8) is 0 Å². The van der Waals surface area contributed by atoms with Crippen LogP contribution < -0.4 is 16.0 Å². The highest BCUT2D eigenvalue weighted by molar-refractivity contribution is 14.0. The highest BCUT2D eigenvalue weighted by Gasteiger charge is 2.35. The fraction of sp³-hybridized carbons (Fsp3) is 0.706. The molecule has 0 bridgehead atoms. The molecule has 1 aliphatic heterocycles. The Kier molecular flexibility index (Phi) is 8.33. The van der Waals surface area contributed by atoms with Crippen molar-refractivity contribution >= 4 is 41.8 Å². The Morgan fingerprint density at radius 1 is 1.33 bits per heavy atom. The Hall–Kier alpha value is -1.56. The number of aromatic nitrogens is 2. The van der Waals surface area contributed by atoms with Crippen molar-refractivity contribution in [2.24, 2.45) is 17.8 Å². The minimum atomic E-state index is -0.625. The zero-order valence-electron chi connectivity index (χ0n) is 17.2. The number of carbonyl (C=O) groups is 1. The molecule has 0 spiro atoms. The predicted molar refractivity (Wildman–Crippen MR) is 120 cm³/mol. The second-order valence-corrected chi connectivity index (χ2v) is 7.30. The molecule has 1 aromatic heterocycles. The summed E-state index contributed by atoms with van der Waals surface area (Å²) in [6.07, 6.45) is 1.88. The summed E-state index contributed by atoms with van der Waals surface area (Å²) in [5.41, 5.74) is 5.99. The Morgan fingerprint density at radius 2 is 1.93 bits per heavy atom. The number of imidazole rings is 1. The van der Waals surface area contributed by atoms with Crippen LogP contribution >= 0.6 is 24.0 Å². The zero-order valence-corrected chi connectivity index (χ0v) is 19.5. The predicted octanol–water partition coefficient (Wildman–Crippen LogP) is 0.0610. The summed E-state index contributed by atoms with van der Waals surface area (Å²) in [5.74, 6) is 1.48. The van der Waals surface area contributed by atoms with Crippen molar-refractivity contribution in [3.05, 3.63) is 11.9 Å². The third-order valence-electron chi connectivity index (χ3n) is 5.07. The number of nitrogens with one attached hydrogen (secondary N) is 1. The number of halogens is 1. The monoisotopic (exact) mass is 492 g/mol. The molecule has 27 heavy (non-hydrogen) atoms. The average Bonchev–Trinajstić information content (AvgIpc) is 2.97. The summed E-state index contributed by atoms with van der Waals surface area (Å²) in [6, 6.07) is 0. The highest BCUT2D eigenvalue weighted by atomic mass is 127. The number of amides is 1. The van der Waals surface area contributed by atoms with Gasteiger partial charge in [0.25, 0.3) is 0 Å². The lowest BCUT2D eigenvalue weighted by molar-refractivity contribution is -0.129. The molecule has 1 aromatic rings. The number of rotatable bonds is 5. The number of guanidine groups is 1. The molecule has 154 valence electrons. The van der Waals surface area contributed by atoms with Gasteiger partial charge in [0.1, 0.15) is 0 Å². The van der Waals surface area contributed by atoms with Crippen molar-refractivity contribution in [1.29, 1.82) is 0 Å². The molecule has 0 unspecified atom stereocenters. The van der Waals surface area contributed by atoms with Gasteiger partial charge in [0.15, 0.2) is 5.96 Å². The number of aliphatic imine (C=N–C) groups is 1. The van der Waals surface area contributed by atoms with E-state index in [0.717, 1.165) is 43.8 Å². The van der Waals surface area contributed by atoms with E-state index in [1.807, 2.05) is 46.1 Å². The third kappa shape index (κ3) is 5.24. The second kappa shape index (κ2) is 9.58. The summed E-state index contributed by atoms with van der Waals surface area (Å²) in [6.45, 7) is 7.54. The first kappa shape index (κ1) is 23.5. The molecule has 2 heterocycles. The lowest BCUT2D eigenvalue weighted by Gasteiger charge is -2.43. The van der Waals surface area contributed by atoms with E-state index in [1.54, 1.807) is 7.05 Å². The first-order valence-corrected chi connectivity index (χ1v) is 8.87. The van der Waals surface area contributed by atoms with Crippen molar-refractivity contribution in [2.75, 3.05) is 52.2 Å². The van der Waals surface area contributed by atoms with Gasteiger partial charge >= 0.3 is 0 Å². The Labute approximate surface area is 179 Å². The van der Waals surface area contributed by atoms with Gasteiger partial charge in [-0.15, -0.1) is 24.0 Å². The molecule has 0 atom stereocenters. The van der Waals surface area contributed by atoms with E-state index in [9.17, 15) is 4.79 Å². The molecule has 0 aromatic carbocycles. The van der Waals surface area contributed by atoms with E-state index in [4.69, 9.17) is 5.73 Å². The van der Waals surface area contributed by atoms with E-state index in [0.29, 0.717) is 6.54 Å². The molecular weight excluding hydrogens is 459 g/mol. The number of piperazine rings is 1. The van der Waals surface area contributed by atoms with Crippen LogP contribution in [0.4, 0.5) is 5.95 Å². The topological polar surface area (TPSA) is 95.0 Å². The minimum Gasteiger partial charge on any atom is -0.368 e. The van der Waals surface area contributed by atoms with Crippen LogP contribution in [0.3, 0.4) is 0 Å². The molecule has 0 aliphatic carbocycles. The summed E-state index contributed by atoms with van der Waals surface area (Å²) in [7, 11) is 7.75. The Bertz CT molecular complexity index is 662. The molecule has 0 radical (unpaired) electrons. The number of primary amides is 1. The van der Waals surface area contributed by atoms with E-state index >= 15 is 0 Å². The molecule has 1 amide bonds. The van der Waals surface area contributed by atoms with Crippen molar-refractivity contribution < 1.29 is 4.79 Å². The number of nitrogens with two attached hydrogens (primary N) is 1. The highest BCUT2D eigenvalue weighted by Crippen LogP contribution is 2.17. The van der Waals surface area contributed by atoms with Gasteiger partial charge in [-0.05, 0) is 13.8 Å². The summed E-state index contributed by atoms with van der Waals surface area (Å²) < 4.78 is 2.06. The van der Waals surface area contributed by atoms with Crippen LogP contribution in [-0.4, -0.2) is 84.1 Å². The standard InChI is InChI=1S/C17H32N8O.HI/c1-17(2,14(18)26)25-9-7-24(8-10-25)15(19-3)20-11-13-12-21-16(22(4)5)23(13)6;/h12H,7-11H2,1-6H3,(H2,18,26)(H,19,20);1H. The molecule has 10 heteroatoms. The third-order valence-corrected chi connectivity index (χ3v) is 5.07. The normalized spacial score (nSPS) is 16.1. The van der Waals surface area contributed by atoms with Gasteiger partial charge < -0.3 is 25.4 Å². The molecule has 1 aliphatic rings. The van der Waals surface area contributed by atoms with Crippen LogP contribution in [0.25, 0.3) is 0 Å². The maximum Gasteiger partial charge on any atom is 0.237 e. The smallest absolute Gasteiger partial charge is 0.237 e. The molecule has 2 rings (SSSR count). The van der Waals surface area contributed by atoms with Crippen molar-refractivity contribution in [2.45, 2.75) is 25.9 Å². The first-order valence-electron chi connectivity index (χ1n) is 8.87. The number of carbonyl (C=O) groups excluding carboxylic acids is 1. The van der Waals surface area contributed by atoms with E-state index < -0.39 is 5.54 Å². The van der Waals surface area contributed by atoms with Crippen LogP contribution in [0.2, 0.25) is 0 Å². The number of nitrogens with zero attached hydrogens (tertiary/aromatic N) is 6. The Morgan fingerprint density at radius 3 is 2.37 bits per heavy atom. The summed E-state index contributed by atoms with van der Waals surface area (Å²) >= 11 is 0. The average molecular weight is 492 g/mol. The fourth-order valence-electron chi connectivity index (χ4n) is 3.15. The number of anilines is 1. The lowest BCUT2D eigenvalue weighted by Crippen LogP contribution is -2.61. The Balaban J connectivity index is 0.00000364. The van der Waals surface area contributed by atoms with Crippen molar-refractivity contribution in [1.82, 2.24) is 24.7 Å². The fourth-order valence-corrected chi connectivity index (χ4v) is 3.15. The van der Waals surface area contributed by atoms with Gasteiger partial charge in [0.2, 0.25) is 11.9 Å². The van der Waals surface area contributed by atoms with E-state index in [2.05, 4.69) is 29.7 Å². The molecule has 3 N–H and O–H groups in total. The molecule has 0 saturated carbocycles. The van der Waals surface area contributed by atoms with Gasteiger partial charge in [-0.2, -0.15) is 0 Å². The number of hydrogen-bond donors (Lipinski definition) is 2. The number of hydrogen-bond acceptors (Lipinski definition) is 5. The maximum atomic E-state index is 11.7. The zero-order chi connectivity index (χ0) is 19.5.